The van der Waals surface area contributed by atoms with Crippen LogP contribution in [0.1, 0.15) is 31.7 Å². The number of allylic oxidation sites excluding steroid dienone is 2. The topological polar surface area (TPSA) is 84.2 Å². The summed E-state index contributed by atoms with van der Waals surface area (Å²) in [5.41, 5.74) is -0.106. The van der Waals surface area contributed by atoms with E-state index < -0.39 is 18.0 Å². The number of nitrogens with one attached hydrogen (secondary N) is 2. The SMILES string of the molecule is CC(C)C1=CC=NC(C(=O)Nc2ccc(C(F)F)nc2)(c2cncn2C)N1. The van der Waals surface area contributed by atoms with Gasteiger partial charge in [0, 0.05) is 19.0 Å². The van der Waals surface area contributed by atoms with Crippen LogP contribution in [0.5, 0.6) is 0 Å². The Hall–Kier alpha value is -3.10. The number of hydrogen-bond acceptors (Lipinski definition) is 5. The molecule has 0 fully saturated rings. The average molecular weight is 374 g/mol. The Kier molecular flexibility index (Phi) is 5.02. The summed E-state index contributed by atoms with van der Waals surface area (Å²) in [6, 6.07) is 2.56. The maximum absolute atomic E-state index is 13.2. The molecular formula is C18H20F2N6O. The van der Waals surface area contributed by atoms with Crippen LogP contribution >= 0.6 is 0 Å². The molecule has 142 valence electrons. The van der Waals surface area contributed by atoms with Gasteiger partial charge in [0.1, 0.15) is 5.69 Å². The van der Waals surface area contributed by atoms with E-state index in [2.05, 4.69) is 25.6 Å². The molecule has 0 aliphatic carbocycles. The van der Waals surface area contributed by atoms with E-state index in [1.165, 1.54) is 18.3 Å². The van der Waals surface area contributed by atoms with Crippen molar-refractivity contribution in [3.8, 4) is 0 Å². The summed E-state index contributed by atoms with van der Waals surface area (Å²) in [6.45, 7) is 3.99. The zero-order valence-corrected chi connectivity index (χ0v) is 15.1. The number of nitrogens with zero attached hydrogens (tertiary/aromatic N) is 4. The Bertz CT molecular complexity index is 888. The van der Waals surface area contributed by atoms with Crippen molar-refractivity contribution >= 4 is 17.8 Å². The Labute approximate surface area is 155 Å². The smallest absolute Gasteiger partial charge is 0.280 e. The first-order valence-electron chi connectivity index (χ1n) is 8.39. The van der Waals surface area contributed by atoms with Crippen molar-refractivity contribution < 1.29 is 13.6 Å². The van der Waals surface area contributed by atoms with Crippen molar-refractivity contribution in [1.29, 1.82) is 0 Å². The van der Waals surface area contributed by atoms with E-state index in [1.54, 1.807) is 30.4 Å². The number of aromatic nitrogens is 3. The van der Waals surface area contributed by atoms with Crippen LogP contribution < -0.4 is 10.6 Å². The van der Waals surface area contributed by atoms with E-state index in [9.17, 15) is 13.6 Å². The lowest BCUT2D eigenvalue weighted by atomic mass is 10.00. The zero-order chi connectivity index (χ0) is 19.6. The molecule has 9 heteroatoms. The summed E-state index contributed by atoms with van der Waals surface area (Å²) in [6.07, 6.45) is 5.06. The number of aliphatic imine (C=N–C) groups is 1. The van der Waals surface area contributed by atoms with Gasteiger partial charge in [-0.3, -0.25) is 9.78 Å². The lowest BCUT2D eigenvalue weighted by molar-refractivity contribution is -0.122. The molecule has 0 saturated carbocycles. The third-order valence-corrected chi connectivity index (χ3v) is 4.25. The second-order valence-corrected chi connectivity index (χ2v) is 6.51. The van der Waals surface area contributed by atoms with Crippen LogP contribution in [0.2, 0.25) is 0 Å². The van der Waals surface area contributed by atoms with Crippen LogP contribution in [0.25, 0.3) is 0 Å². The third kappa shape index (κ3) is 3.57. The second kappa shape index (κ2) is 7.26. The number of carbonyl (C=O) groups is 1. The van der Waals surface area contributed by atoms with Crippen LogP contribution in [-0.4, -0.2) is 26.7 Å². The number of rotatable bonds is 5. The van der Waals surface area contributed by atoms with E-state index in [4.69, 9.17) is 0 Å². The molecule has 2 N–H and O–H groups in total. The van der Waals surface area contributed by atoms with E-state index in [0.29, 0.717) is 11.4 Å². The van der Waals surface area contributed by atoms with E-state index >= 15 is 0 Å². The molecule has 0 saturated heterocycles. The summed E-state index contributed by atoms with van der Waals surface area (Å²) in [4.78, 5) is 25.4. The van der Waals surface area contributed by atoms with Gasteiger partial charge in [0.2, 0.25) is 0 Å². The minimum absolute atomic E-state index is 0.143. The van der Waals surface area contributed by atoms with E-state index in [-0.39, 0.29) is 11.6 Å². The Morgan fingerprint density at radius 2 is 2.07 bits per heavy atom. The minimum atomic E-state index is -2.67. The molecular weight excluding hydrogens is 354 g/mol. The number of carbonyl (C=O) groups excluding carboxylic acids is 1. The first kappa shape index (κ1) is 18.7. The highest BCUT2D eigenvalue weighted by Crippen LogP contribution is 2.29. The molecule has 3 rings (SSSR count). The molecule has 0 bridgehead atoms. The fraction of sp³-hybridized carbons (Fsp3) is 0.333. The molecule has 27 heavy (non-hydrogen) atoms. The fourth-order valence-corrected chi connectivity index (χ4v) is 2.75. The summed E-state index contributed by atoms with van der Waals surface area (Å²) >= 11 is 0. The first-order chi connectivity index (χ1) is 12.8. The molecule has 0 spiro atoms. The van der Waals surface area contributed by atoms with Crippen LogP contribution in [0.4, 0.5) is 14.5 Å². The standard InChI is InChI=1S/C18H20F2N6O/c1-11(2)13-6-7-23-18(25-13,15-9-21-10-26(15)3)17(27)24-12-4-5-14(16(19)20)22-8-12/h4-11,16,25H,1-3H3,(H,24,27). The van der Waals surface area contributed by atoms with Crippen molar-refractivity contribution in [2.24, 2.45) is 18.0 Å². The molecule has 0 aromatic carbocycles. The van der Waals surface area contributed by atoms with Crippen LogP contribution in [0.15, 0.2) is 47.6 Å². The number of aryl methyl sites for hydroxylation is 1. The van der Waals surface area contributed by atoms with Gasteiger partial charge in [-0.15, -0.1) is 0 Å². The Morgan fingerprint density at radius 3 is 2.63 bits per heavy atom. The molecule has 1 aliphatic rings. The third-order valence-electron chi connectivity index (χ3n) is 4.25. The lowest BCUT2D eigenvalue weighted by Crippen LogP contribution is -2.53. The van der Waals surface area contributed by atoms with Crippen molar-refractivity contribution in [1.82, 2.24) is 19.9 Å². The highest BCUT2D eigenvalue weighted by Gasteiger charge is 2.44. The molecule has 1 aliphatic heterocycles. The molecule has 7 nitrogen and oxygen atoms in total. The molecule has 0 radical (unpaired) electrons. The van der Waals surface area contributed by atoms with Crippen LogP contribution in [-0.2, 0) is 17.5 Å². The molecule has 2 aromatic heterocycles. The predicted octanol–water partition coefficient (Wildman–Crippen LogP) is 2.76. The van der Waals surface area contributed by atoms with Gasteiger partial charge in [0.15, 0.2) is 0 Å². The van der Waals surface area contributed by atoms with Gasteiger partial charge in [-0.25, -0.2) is 18.8 Å². The van der Waals surface area contributed by atoms with Gasteiger partial charge in [-0.1, -0.05) is 13.8 Å². The average Bonchev–Trinajstić information content (AvgIpc) is 3.08. The minimum Gasteiger partial charge on any atom is -0.352 e. The van der Waals surface area contributed by atoms with Crippen molar-refractivity contribution in [3.05, 3.63) is 54.0 Å². The first-order valence-corrected chi connectivity index (χ1v) is 8.39. The number of alkyl halides is 2. The maximum atomic E-state index is 13.2. The molecule has 2 aromatic rings. The molecule has 1 amide bonds. The lowest BCUT2D eigenvalue weighted by Gasteiger charge is -2.34. The molecule has 1 atom stereocenters. The summed E-state index contributed by atoms with van der Waals surface area (Å²) in [5, 5.41) is 5.91. The van der Waals surface area contributed by atoms with Gasteiger partial charge in [0.05, 0.1) is 30.1 Å². The van der Waals surface area contributed by atoms with Crippen LogP contribution in [0.3, 0.4) is 0 Å². The van der Waals surface area contributed by atoms with Crippen molar-refractivity contribution in [3.63, 3.8) is 0 Å². The summed E-state index contributed by atoms with van der Waals surface area (Å²) < 4.78 is 27.0. The largest absolute Gasteiger partial charge is 0.352 e. The van der Waals surface area contributed by atoms with Gasteiger partial charge in [-0.2, -0.15) is 0 Å². The zero-order valence-electron chi connectivity index (χ0n) is 15.1. The quantitative estimate of drug-likeness (QED) is 0.843. The van der Waals surface area contributed by atoms with E-state index in [0.717, 1.165) is 5.70 Å². The predicted molar refractivity (Wildman–Crippen MR) is 97.3 cm³/mol. The number of hydrogen-bond donors (Lipinski definition) is 2. The monoisotopic (exact) mass is 374 g/mol. The number of halogens is 2. The normalized spacial score (nSPS) is 19.1. The van der Waals surface area contributed by atoms with Crippen molar-refractivity contribution in [2.45, 2.75) is 25.9 Å². The number of amides is 1. The highest BCUT2D eigenvalue weighted by atomic mass is 19.3. The second-order valence-electron chi connectivity index (χ2n) is 6.51. The van der Waals surface area contributed by atoms with Gasteiger partial charge in [-0.05, 0) is 24.1 Å². The van der Waals surface area contributed by atoms with Gasteiger partial charge in [0.25, 0.3) is 18.0 Å². The number of imidazole rings is 1. The fourth-order valence-electron chi connectivity index (χ4n) is 2.75. The van der Waals surface area contributed by atoms with Crippen LogP contribution in [0, 0.1) is 5.92 Å². The van der Waals surface area contributed by atoms with E-state index in [1.807, 2.05) is 19.9 Å². The van der Waals surface area contributed by atoms with Gasteiger partial charge < -0.3 is 15.2 Å². The molecule has 3 heterocycles. The maximum Gasteiger partial charge on any atom is 0.280 e. The number of pyridine rings is 1. The highest BCUT2D eigenvalue weighted by molar-refractivity contribution is 6.00. The molecule has 1 unspecified atom stereocenters. The number of anilines is 1. The Balaban J connectivity index is 1.94. The summed E-state index contributed by atoms with van der Waals surface area (Å²) in [7, 11) is 1.76. The Morgan fingerprint density at radius 1 is 1.30 bits per heavy atom. The van der Waals surface area contributed by atoms with Crippen molar-refractivity contribution in [2.75, 3.05) is 5.32 Å². The summed E-state index contributed by atoms with van der Waals surface area (Å²) in [5.74, 6) is -0.329. The van der Waals surface area contributed by atoms with Gasteiger partial charge >= 0.3 is 0 Å².